The fourth-order valence-corrected chi connectivity index (χ4v) is 1.93. The molecule has 110 valence electrons. The van der Waals surface area contributed by atoms with Crippen LogP contribution < -0.4 is 5.32 Å². The Morgan fingerprint density at radius 3 is 2.62 bits per heavy atom. The summed E-state index contributed by atoms with van der Waals surface area (Å²) < 4.78 is 4.97. The molecule has 1 amide bonds. The Balaban J connectivity index is 2.19. The summed E-state index contributed by atoms with van der Waals surface area (Å²) in [6, 6.07) is 3.72. The first-order chi connectivity index (χ1) is 9.88. The molecule has 1 heterocycles. The second kappa shape index (κ2) is 5.66. The van der Waals surface area contributed by atoms with E-state index >= 15 is 0 Å². The predicted molar refractivity (Wildman–Crippen MR) is 73.4 cm³/mol. The normalized spacial score (nSPS) is 10.4. The number of benzene rings is 1. The molecule has 0 radical (unpaired) electrons. The summed E-state index contributed by atoms with van der Waals surface area (Å²) in [7, 11) is 0. The van der Waals surface area contributed by atoms with Gasteiger partial charge in [-0.1, -0.05) is 5.16 Å². The molecular formula is C14H14N2O5. The number of carbonyl (C=O) groups excluding carboxylic acids is 1. The van der Waals surface area contributed by atoms with Crippen LogP contribution in [0.25, 0.3) is 0 Å². The lowest BCUT2D eigenvalue weighted by Crippen LogP contribution is -2.17. The molecule has 0 aliphatic carbocycles. The Labute approximate surface area is 120 Å². The molecule has 0 saturated heterocycles. The number of aryl methyl sites for hydroxylation is 2. The van der Waals surface area contributed by atoms with Crippen LogP contribution in [-0.2, 0) is 11.2 Å². The zero-order chi connectivity index (χ0) is 15.6. The quantitative estimate of drug-likeness (QED) is 0.741. The van der Waals surface area contributed by atoms with Crippen LogP contribution in [0.1, 0.15) is 27.4 Å². The third-order valence-corrected chi connectivity index (χ3v) is 3.03. The second-order valence-corrected chi connectivity index (χ2v) is 4.56. The van der Waals surface area contributed by atoms with Crippen molar-refractivity contribution in [2.75, 3.05) is 5.32 Å². The highest BCUT2D eigenvalue weighted by Gasteiger charge is 2.17. The number of anilines is 1. The Morgan fingerprint density at radius 2 is 2.05 bits per heavy atom. The van der Waals surface area contributed by atoms with Crippen molar-refractivity contribution in [2.24, 2.45) is 0 Å². The molecule has 0 aliphatic heterocycles. The fraction of sp³-hybridized carbons (Fsp3) is 0.214. The highest BCUT2D eigenvalue weighted by molar-refractivity contribution is 6.01. The van der Waals surface area contributed by atoms with Crippen LogP contribution in [0.3, 0.4) is 0 Å². The maximum atomic E-state index is 12.0. The number of amides is 1. The summed E-state index contributed by atoms with van der Waals surface area (Å²) in [6.45, 7) is 3.42. The van der Waals surface area contributed by atoms with Crippen molar-refractivity contribution >= 4 is 17.6 Å². The minimum Gasteiger partial charge on any atom is -0.508 e. The van der Waals surface area contributed by atoms with Crippen molar-refractivity contribution in [3.63, 3.8) is 0 Å². The molecule has 0 aliphatic rings. The molecular weight excluding hydrogens is 276 g/mol. The van der Waals surface area contributed by atoms with Crippen LogP contribution in [0.5, 0.6) is 5.75 Å². The molecule has 2 rings (SSSR count). The van der Waals surface area contributed by atoms with E-state index in [4.69, 9.17) is 9.63 Å². The zero-order valence-electron chi connectivity index (χ0n) is 11.5. The number of rotatable bonds is 4. The van der Waals surface area contributed by atoms with E-state index in [-0.39, 0.29) is 23.4 Å². The predicted octanol–water partition coefficient (Wildman–Crippen LogP) is 1.88. The third kappa shape index (κ3) is 3.19. The number of hydrogen-bond donors (Lipinski definition) is 3. The van der Waals surface area contributed by atoms with E-state index in [1.165, 1.54) is 12.1 Å². The number of carboxylic acids is 1. The van der Waals surface area contributed by atoms with Crippen LogP contribution in [0.4, 0.5) is 5.69 Å². The first-order valence-electron chi connectivity index (χ1n) is 6.16. The van der Waals surface area contributed by atoms with Gasteiger partial charge < -0.3 is 20.1 Å². The van der Waals surface area contributed by atoms with E-state index < -0.39 is 11.9 Å². The van der Waals surface area contributed by atoms with Gasteiger partial charge in [0, 0.05) is 5.56 Å². The number of nitrogens with one attached hydrogen (secondary N) is 1. The second-order valence-electron chi connectivity index (χ2n) is 4.56. The summed E-state index contributed by atoms with van der Waals surface area (Å²) in [4.78, 5) is 23.1. The van der Waals surface area contributed by atoms with Gasteiger partial charge in [0.1, 0.15) is 11.5 Å². The molecule has 7 heteroatoms. The maximum Gasteiger partial charge on any atom is 0.337 e. The number of phenolic OH excluding ortho intramolecular Hbond substituents is 1. The maximum absolute atomic E-state index is 12.0. The van der Waals surface area contributed by atoms with Crippen molar-refractivity contribution in [1.82, 2.24) is 5.16 Å². The summed E-state index contributed by atoms with van der Waals surface area (Å²) in [6.07, 6.45) is 0.0289. The highest BCUT2D eigenvalue weighted by atomic mass is 16.5. The van der Waals surface area contributed by atoms with E-state index in [9.17, 15) is 14.7 Å². The molecule has 0 bridgehead atoms. The summed E-state index contributed by atoms with van der Waals surface area (Å²) in [5.41, 5.74) is 1.23. The standard InChI is InChI=1S/C14H14N2O5/c1-7-10(8(2)21-16-7)6-13(18)15-12-4-3-9(17)5-11(12)14(19)20/h3-5,17H,6H2,1-2H3,(H,15,18)(H,19,20). The Bertz CT molecular complexity index is 686. The van der Waals surface area contributed by atoms with Crippen LogP contribution in [0.2, 0.25) is 0 Å². The van der Waals surface area contributed by atoms with E-state index in [0.717, 1.165) is 6.07 Å². The molecule has 0 unspecified atom stereocenters. The lowest BCUT2D eigenvalue weighted by molar-refractivity contribution is -0.115. The average Bonchev–Trinajstić information content (AvgIpc) is 2.72. The van der Waals surface area contributed by atoms with E-state index in [2.05, 4.69) is 10.5 Å². The molecule has 2 aromatic rings. The molecule has 0 spiro atoms. The first kappa shape index (κ1) is 14.6. The van der Waals surface area contributed by atoms with Crippen molar-refractivity contribution in [2.45, 2.75) is 20.3 Å². The van der Waals surface area contributed by atoms with Crippen molar-refractivity contribution in [3.05, 3.63) is 40.8 Å². The summed E-state index contributed by atoms with van der Waals surface area (Å²) in [5.74, 6) is -1.26. The minimum atomic E-state index is -1.24. The average molecular weight is 290 g/mol. The number of carbonyl (C=O) groups is 2. The third-order valence-electron chi connectivity index (χ3n) is 3.03. The number of aromatic nitrogens is 1. The first-order valence-corrected chi connectivity index (χ1v) is 6.16. The van der Waals surface area contributed by atoms with Gasteiger partial charge in [-0.15, -0.1) is 0 Å². The summed E-state index contributed by atoms with van der Waals surface area (Å²) >= 11 is 0. The Kier molecular flexibility index (Phi) is 3.93. The Hall–Kier alpha value is -2.83. The molecule has 3 N–H and O–H groups in total. The number of hydrogen-bond acceptors (Lipinski definition) is 5. The number of aromatic hydroxyl groups is 1. The lowest BCUT2D eigenvalue weighted by atomic mass is 10.1. The van der Waals surface area contributed by atoms with Crippen LogP contribution in [0.15, 0.2) is 22.7 Å². The lowest BCUT2D eigenvalue weighted by Gasteiger charge is -2.08. The van der Waals surface area contributed by atoms with Crippen molar-refractivity contribution in [3.8, 4) is 5.75 Å². The Morgan fingerprint density at radius 1 is 1.33 bits per heavy atom. The molecule has 21 heavy (non-hydrogen) atoms. The molecule has 0 atom stereocenters. The molecule has 7 nitrogen and oxygen atoms in total. The van der Waals surface area contributed by atoms with Gasteiger partial charge >= 0.3 is 5.97 Å². The van der Waals surface area contributed by atoms with Crippen molar-refractivity contribution in [1.29, 1.82) is 0 Å². The van der Waals surface area contributed by atoms with Crippen LogP contribution >= 0.6 is 0 Å². The molecule has 1 aromatic carbocycles. The smallest absolute Gasteiger partial charge is 0.337 e. The van der Waals surface area contributed by atoms with Gasteiger partial charge in [0.25, 0.3) is 0 Å². The summed E-state index contributed by atoms with van der Waals surface area (Å²) in [5, 5.41) is 24.6. The largest absolute Gasteiger partial charge is 0.508 e. The van der Waals surface area contributed by atoms with Crippen molar-refractivity contribution < 1.29 is 24.3 Å². The van der Waals surface area contributed by atoms with Gasteiger partial charge in [0.05, 0.1) is 23.4 Å². The fourth-order valence-electron chi connectivity index (χ4n) is 1.93. The van der Waals surface area contributed by atoms with Crippen LogP contribution in [0, 0.1) is 13.8 Å². The van der Waals surface area contributed by atoms with Gasteiger partial charge in [0.15, 0.2) is 0 Å². The number of nitrogens with zero attached hydrogens (tertiary/aromatic N) is 1. The van der Waals surface area contributed by atoms with E-state index in [1.54, 1.807) is 13.8 Å². The number of carboxylic acid groups (broad SMARTS) is 1. The molecule has 0 saturated carbocycles. The van der Waals surface area contributed by atoms with Gasteiger partial charge in [0.2, 0.25) is 5.91 Å². The zero-order valence-corrected chi connectivity index (χ0v) is 11.5. The monoisotopic (exact) mass is 290 g/mol. The number of phenols is 1. The number of aromatic carboxylic acids is 1. The molecule has 0 fully saturated rings. The molecule has 1 aromatic heterocycles. The van der Waals surface area contributed by atoms with E-state index in [0.29, 0.717) is 17.0 Å². The van der Waals surface area contributed by atoms with Gasteiger partial charge in [-0.3, -0.25) is 4.79 Å². The SMILES string of the molecule is Cc1noc(C)c1CC(=O)Nc1ccc(O)cc1C(=O)O. The van der Waals surface area contributed by atoms with Crippen LogP contribution in [-0.4, -0.2) is 27.2 Å². The van der Waals surface area contributed by atoms with E-state index in [1.807, 2.05) is 0 Å². The van der Waals surface area contributed by atoms with Gasteiger partial charge in [-0.2, -0.15) is 0 Å². The highest BCUT2D eigenvalue weighted by Crippen LogP contribution is 2.22. The minimum absolute atomic E-state index is 0.0289. The topological polar surface area (TPSA) is 113 Å². The van der Waals surface area contributed by atoms with Gasteiger partial charge in [-0.25, -0.2) is 4.79 Å². The van der Waals surface area contributed by atoms with Gasteiger partial charge in [-0.05, 0) is 32.0 Å².